The molecule has 2 atom stereocenters. The van der Waals surface area contributed by atoms with E-state index in [4.69, 9.17) is 5.11 Å². The summed E-state index contributed by atoms with van der Waals surface area (Å²) in [5.74, 6) is -2.59. The number of aromatic carboxylic acids is 1. The number of aliphatic hydroxyl groups is 2. The molecule has 23 heavy (non-hydrogen) atoms. The van der Waals surface area contributed by atoms with Crippen LogP contribution in [0.5, 0.6) is 0 Å². The van der Waals surface area contributed by atoms with Gasteiger partial charge in [-0.05, 0) is 24.6 Å². The maximum absolute atomic E-state index is 12.9. The van der Waals surface area contributed by atoms with Crippen molar-refractivity contribution in [3.05, 3.63) is 34.9 Å². The zero-order valence-electron chi connectivity index (χ0n) is 12.0. The van der Waals surface area contributed by atoms with E-state index < -0.39 is 47.9 Å². The Labute approximate surface area is 129 Å². The van der Waals surface area contributed by atoms with Gasteiger partial charge in [0.25, 0.3) is 0 Å². The number of hydrogen-bond donors (Lipinski definition) is 3. The Balaban J connectivity index is 3.09. The van der Waals surface area contributed by atoms with Gasteiger partial charge in [0.15, 0.2) is 0 Å². The second-order valence-corrected chi connectivity index (χ2v) is 4.63. The molecule has 0 radical (unpaired) electrons. The van der Waals surface area contributed by atoms with Crippen molar-refractivity contribution in [1.29, 1.82) is 0 Å². The SMILES string of the molecule is CCOC(=O)CC(O)C(O)c1ccc(C(=O)O)c(C(F)(F)F)c1. The second kappa shape index (κ2) is 7.42. The Morgan fingerprint density at radius 3 is 2.35 bits per heavy atom. The highest BCUT2D eigenvalue weighted by molar-refractivity contribution is 5.89. The zero-order chi connectivity index (χ0) is 17.8. The van der Waals surface area contributed by atoms with Gasteiger partial charge in [0.1, 0.15) is 6.10 Å². The van der Waals surface area contributed by atoms with Gasteiger partial charge in [0, 0.05) is 0 Å². The molecule has 1 aromatic rings. The normalized spacial score (nSPS) is 14.2. The van der Waals surface area contributed by atoms with Crippen molar-refractivity contribution in [3.63, 3.8) is 0 Å². The maximum atomic E-state index is 12.9. The number of ether oxygens (including phenoxy) is 1. The first-order valence-electron chi connectivity index (χ1n) is 6.54. The summed E-state index contributed by atoms with van der Waals surface area (Å²) in [6, 6.07) is 2.06. The number of aliphatic hydroxyl groups excluding tert-OH is 2. The van der Waals surface area contributed by atoms with Crippen LogP contribution >= 0.6 is 0 Å². The quantitative estimate of drug-likeness (QED) is 0.684. The Hall–Kier alpha value is -2.13. The van der Waals surface area contributed by atoms with Crippen LogP contribution in [0.1, 0.15) is 40.9 Å². The lowest BCUT2D eigenvalue weighted by atomic mass is 9.97. The third kappa shape index (κ3) is 4.93. The van der Waals surface area contributed by atoms with E-state index in [0.29, 0.717) is 12.1 Å². The molecule has 6 nitrogen and oxygen atoms in total. The summed E-state index contributed by atoms with van der Waals surface area (Å²) in [4.78, 5) is 22.0. The summed E-state index contributed by atoms with van der Waals surface area (Å²) >= 11 is 0. The first-order valence-corrected chi connectivity index (χ1v) is 6.54. The highest BCUT2D eigenvalue weighted by Gasteiger charge is 2.36. The van der Waals surface area contributed by atoms with Crippen LogP contribution < -0.4 is 0 Å². The summed E-state index contributed by atoms with van der Waals surface area (Å²) in [6.45, 7) is 1.58. The summed E-state index contributed by atoms with van der Waals surface area (Å²) in [5.41, 5.74) is -2.79. The van der Waals surface area contributed by atoms with Crippen LogP contribution in [0.4, 0.5) is 13.2 Å². The van der Waals surface area contributed by atoms with Gasteiger partial charge in [-0.15, -0.1) is 0 Å². The van der Waals surface area contributed by atoms with Crippen molar-refractivity contribution in [2.24, 2.45) is 0 Å². The van der Waals surface area contributed by atoms with Gasteiger partial charge in [-0.25, -0.2) is 4.79 Å². The number of benzene rings is 1. The molecule has 0 fully saturated rings. The average molecular weight is 336 g/mol. The number of rotatable bonds is 6. The molecule has 0 aliphatic heterocycles. The van der Waals surface area contributed by atoms with Crippen molar-refractivity contribution >= 4 is 11.9 Å². The van der Waals surface area contributed by atoms with E-state index in [0.717, 1.165) is 6.07 Å². The fourth-order valence-corrected chi connectivity index (χ4v) is 1.89. The Morgan fingerprint density at radius 1 is 1.26 bits per heavy atom. The van der Waals surface area contributed by atoms with Crippen molar-refractivity contribution < 1.29 is 42.8 Å². The van der Waals surface area contributed by atoms with Crippen LogP contribution in [0, 0.1) is 0 Å². The summed E-state index contributed by atoms with van der Waals surface area (Å²) in [6.07, 6.45) is -9.05. The summed E-state index contributed by atoms with van der Waals surface area (Å²) < 4.78 is 43.2. The van der Waals surface area contributed by atoms with Crippen LogP contribution in [0.15, 0.2) is 18.2 Å². The fraction of sp³-hybridized carbons (Fsp3) is 0.429. The third-order valence-corrected chi connectivity index (χ3v) is 2.97. The number of carboxylic acid groups (broad SMARTS) is 1. The maximum Gasteiger partial charge on any atom is 0.417 e. The minimum absolute atomic E-state index is 0.0488. The smallest absolute Gasteiger partial charge is 0.417 e. The first kappa shape index (κ1) is 18.9. The molecule has 0 bridgehead atoms. The Kier molecular flexibility index (Phi) is 6.11. The number of halogens is 3. The molecular formula is C14H15F3O6. The predicted octanol–water partition coefficient (Wildman–Crippen LogP) is 1.75. The first-order chi connectivity index (χ1) is 10.6. The van der Waals surface area contributed by atoms with Crippen molar-refractivity contribution in [3.8, 4) is 0 Å². The molecule has 128 valence electrons. The van der Waals surface area contributed by atoms with Crippen LogP contribution in [0.3, 0.4) is 0 Å². The van der Waals surface area contributed by atoms with Crippen LogP contribution in [0.25, 0.3) is 0 Å². The van der Waals surface area contributed by atoms with Gasteiger partial charge in [0.05, 0.1) is 30.3 Å². The summed E-state index contributed by atoms with van der Waals surface area (Å²) in [7, 11) is 0. The molecular weight excluding hydrogens is 321 g/mol. The highest BCUT2D eigenvalue weighted by Crippen LogP contribution is 2.34. The minimum Gasteiger partial charge on any atom is -0.478 e. The summed E-state index contributed by atoms with van der Waals surface area (Å²) in [5, 5.41) is 28.3. The predicted molar refractivity (Wildman–Crippen MR) is 70.6 cm³/mol. The Morgan fingerprint density at radius 2 is 1.87 bits per heavy atom. The van der Waals surface area contributed by atoms with Gasteiger partial charge in [-0.3, -0.25) is 4.79 Å². The van der Waals surface area contributed by atoms with E-state index >= 15 is 0 Å². The Bertz CT molecular complexity index is 584. The van der Waals surface area contributed by atoms with Gasteiger partial charge in [-0.2, -0.15) is 13.2 Å². The zero-order valence-corrected chi connectivity index (χ0v) is 12.0. The van der Waals surface area contributed by atoms with E-state index in [2.05, 4.69) is 4.74 Å². The van der Waals surface area contributed by atoms with E-state index in [-0.39, 0.29) is 12.2 Å². The molecule has 3 N–H and O–H groups in total. The molecule has 0 aromatic heterocycles. The molecule has 0 aliphatic carbocycles. The minimum atomic E-state index is -4.95. The van der Waals surface area contributed by atoms with Crippen LogP contribution in [-0.4, -0.2) is 40.0 Å². The van der Waals surface area contributed by atoms with Gasteiger partial charge in [0.2, 0.25) is 0 Å². The van der Waals surface area contributed by atoms with Crippen molar-refractivity contribution in [2.45, 2.75) is 31.7 Å². The van der Waals surface area contributed by atoms with Gasteiger partial charge >= 0.3 is 18.1 Å². The standard InChI is InChI=1S/C14H15F3O6/c1-2-23-11(19)6-10(18)12(20)7-3-4-8(13(21)22)9(5-7)14(15,16)17/h3-5,10,12,18,20H,2,6H2,1H3,(H,21,22). The fourth-order valence-electron chi connectivity index (χ4n) is 1.89. The molecule has 9 heteroatoms. The van der Waals surface area contributed by atoms with E-state index in [1.807, 2.05) is 0 Å². The van der Waals surface area contributed by atoms with E-state index in [1.54, 1.807) is 0 Å². The number of esters is 1. The highest BCUT2D eigenvalue weighted by atomic mass is 19.4. The largest absolute Gasteiger partial charge is 0.478 e. The third-order valence-electron chi connectivity index (χ3n) is 2.97. The number of carbonyl (C=O) groups excluding carboxylic acids is 1. The lowest BCUT2D eigenvalue weighted by Crippen LogP contribution is -2.24. The number of alkyl halides is 3. The molecule has 2 unspecified atom stereocenters. The monoisotopic (exact) mass is 336 g/mol. The molecule has 0 spiro atoms. The van der Waals surface area contributed by atoms with Crippen molar-refractivity contribution in [2.75, 3.05) is 6.61 Å². The van der Waals surface area contributed by atoms with E-state index in [9.17, 15) is 33.0 Å². The van der Waals surface area contributed by atoms with Crippen LogP contribution in [-0.2, 0) is 15.7 Å². The molecule has 0 saturated carbocycles. The average Bonchev–Trinajstić information content (AvgIpc) is 2.44. The molecule has 0 aliphatic rings. The van der Waals surface area contributed by atoms with Gasteiger partial charge in [-0.1, -0.05) is 6.07 Å². The van der Waals surface area contributed by atoms with Crippen LogP contribution in [0.2, 0.25) is 0 Å². The van der Waals surface area contributed by atoms with Gasteiger partial charge < -0.3 is 20.1 Å². The molecule has 1 rings (SSSR count). The number of hydrogen-bond acceptors (Lipinski definition) is 5. The lowest BCUT2D eigenvalue weighted by molar-refractivity contribution is -0.147. The topological polar surface area (TPSA) is 104 Å². The molecule has 0 saturated heterocycles. The molecule has 0 heterocycles. The van der Waals surface area contributed by atoms with E-state index in [1.165, 1.54) is 6.92 Å². The molecule has 0 amide bonds. The second-order valence-electron chi connectivity index (χ2n) is 4.63. The molecule has 1 aromatic carbocycles. The lowest BCUT2D eigenvalue weighted by Gasteiger charge is -2.19. The van der Waals surface area contributed by atoms with Crippen molar-refractivity contribution in [1.82, 2.24) is 0 Å². The number of carbonyl (C=O) groups is 2. The number of carboxylic acids is 1.